The molecule has 0 fully saturated rings. The van der Waals surface area contributed by atoms with E-state index < -0.39 is 0 Å². The minimum absolute atomic E-state index is 0.313. The van der Waals surface area contributed by atoms with Crippen LogP contribution in [0.2, 0.25) is 0 Å². The first-order valence-corrected chi connectivity index (χ1v) is 3.70. The number of hydrogen-bond donors (Lipinski definition) is 2. The van der Waals surface area contributed by atoms with E-state index >= 15 is 0 Å². The summed E-state index contributed by atoms with van der Waals surface area (Å²) < 4.78 is 0. The first kappa shape index (κ1) is 7.48. The number of rotatable bonds is 1. The number of phenols is 1. The van der Waals surface area contributed by atoms with Crippen LogP contribution in [-0.4, -0.2) is 5.11 Å². The van der Waals surface area contributed by atoms with Crippen molar-refractivity contribution in [1.82, 2.24) is 0 Å². The highest BCUT2D eigenvalue weighted by molar-refractivity contribution is 7.80. The van der Waals surface area contributed by atoms with Crippen LogP contribution in [0, 0.1) is 0 Å². The molecule has 0 aromatic heterocycles. The van der Waals surface area contributed by atoms with E-state index in [1.165, 1.54) is 0 Å². The number of aryl methyl sites for hydroxylation is 1. The van der Waals surface area contributed by atoms with Crippen LogP contribution in [0.15, 0.2) is 23.1 Å². The van der Waals surface area contributed by atoms with Gasteiger partial charge in [-0.1, -0.05) is 19.1 Å². The van der Waals surface area contributed by atoms with Crippen molar-refractivity contribution in [3.8, 4) is 5.75 Å². The number of para-hydroxylation sites is 1. The fourth-order valence-corrected chi connectivity index (χ4v) is 1.09. The Morgan fingerprint density at radius 3 is 2.70 bits per heavy atom. The third kappa shape index (κ3) is 1.27. The molecule has 0 aliphatic rings. The highest BCUT2D eigenvalue weighted by atomic mass is 32.1. The van der Waals surface area contributed by atoms with Gasteiger partial charge in [0.2, 0.25) is 0 Å². The molecule has 1 aromatic rings. The lowest BCUT2D eigenvalue weighted by molar-refractivity contribution is 0.456. The number of thiol groups is 1. The Morgan fingerprint density at radius 2 is 2.20 bits per heavy atom. The van der Waals surface area contributed by atoms with Crippen molar-refractivity contribution < 1.29 is 5.11 Å². The minimum atomic E-state index is 0.313. The Labute approximate surface area is 66.1 Å². The van der Waals surface area contributed by atoms with Gasteiger partial charge in [-0.3, -0.25) is 0 Å². The molecule has 0 radical (unpaired) electrons. The lowest BCUT2D eigenvalue weighted by atomic mass is 10.1. The summed E-state index contributed by atoms with van der Waals surface area (Å²) in [7, 11) is 0. The van der Waals surface area contributed by atoms with Gasteiger partial charge >= 0.3 is 0 Å². The number of hydrogen-bond acceptors (Lipinski definition) is 2. The molecule has 0 unspecified atom stereocenters. The topological polar surface area (TPSA) is 20.2 Å². The van der Waals surface area contributed by atoms with Crippen LogP contribution < -0.4 is 0 Å². The van der Waals surface area contributed by atoms with E-state index in [-0.39, 0.29) is 0 Å². The van der Waals surface area contributed by atoms with Gasteiger partial charge in [0.05, 0.1) is 0 Å². The molecule has 54 valence electrons. The third-order valence-electron chi connectivity index (χ3n) is 1.48. The van der Waals surface area contributed by atoms with Gasteiger partial charge in [-0.15, -0.1) is 12.6 Å². The Bertz CT molecular complexity index is 233. The average molecular weight is 154 g/mol. The first-order valence-electron chi connectivity index (χ1n) is 3.25. The summed E-state index contributed by atoms with van der Waals surface area (Å²) in [4.78, 5) is 0.652. The van der Waals surface area contributed by atoms with E-state index in [1.54, 1.807) is 6.07 Å². The first-order chi connectivity index (χ1) is 4.75. The summed E-state index contributed by atoms with van der Waals surface area (Å²) >= 11 is 4.07. The standard InChI is InChI=1S/C8H10OS/c1-2-6-4-3-5-7(10)8(6)9/h3-5,9-10H,2H2,1H3. The normalized spacial score (nSPS) is 9.80. The fraction of sp³-hybridized carbons (Fsp3) is 0.250. The zero-order valence-electron chi connectivity index (χ0n) is 5.83. The summed E-state index contributed by atoms with van der Waals surface area (Å²) in [6.45, 7) is 2.00. The van der Waals surface area contributed by atoms with Gasteiger partial charge in [0.15, 0.2) is 0 Å². The lowest BCUT2D eigenvalue weighted by Gasteiger charge is -2.01. The van der Waals surface area contributed by atoms with Crippen molar-refractivity contribution in [3.05, 3.63) is 23.8 Å². The van der Waals surface area contributed by atoms with Crippen LogP contribution in [0.3, 0.4) is 0 Å². The number of phenolic OH excluding ortho intramolecular Hbond substituents is 1. The van der Waals surface area contributed by atoms with Crippen molar-refractivity contribution in [1.29, 1.82) is 0 Å². The van der Waals surface area contributed by atoms with Crippen LogP contribution in [0.4, 0.5) is 0 Å². The molecule has 0 bridgehead atoms. The van der Waals surface area contributed by atoms with E-state index in [9.17, 15) is 5.11 Å². The molecule has 0 aliphatic carbocycles. The van der Waals surface area contributed by atoms with E-state index in [1.807, 2.05) is 19.1 Å². The Hall–Kier alpha value is -0.630. The predicted molar refractivity (Wildman–Crippen MR) is 44.7 cm³/mol. The van der Waals surface area contributed by atoms with Gasteiger partial charge < -0.3 is 5.11 Å². The van der Waals surface area contributed by atoms with Crippen molar-refractivity contribution >= 4 is 12.6 Å². The molecule has 0 saturated heterocycles. The van der Waals surface area contributed by atoms with Gasteiger partial charge in [0.25, 0.3) is 0 Å². The lowest BCUT2D eigenvalue weighted by Crippen LogP contribution is -1.80. The molecule has 0 amide bonds. The maximum absolute atomic E-state index is 9.32. The molecule has 0 spiro atoms. The largest absolute Gasteiger partial charge is 0.507 e. The van der Waals surface area contributed by atoms with Crippen molar-refractivity contribution in [2.24, 2.45) is 0 Å². The Morgan fingerprint density at radius 1 is 1.50 bits per heavy atom. The molecule has 0 aliphatic heterocycles. The van der Waals surface area contributed by atoms with Crippen LogP contribution in [0.25, 0.3) is 0 Å². The molecule has 0 saturated carbocycles. The molecule has 0 atom stereocenters. The van der Waals surface area contributed by atoms with E-state index in [2.05, 4.69) is 12.6 Å². The minimum Gasteiger partial charge on any atom is -0.507 e. The second-order valence-electron chi connectivity index (χ2n) is 2.14. The van der Waals surface area contributed by atoms with Gasteiger partial charge in [-0.05, 0) is 18.1 Å². The van der Waals surface area contributed by atoms with Crippen LogP contribution in [-0.2, 0) is 6.42 Å². The molecule has 1 aromatic carbocycles. The summed E-state index contributed by atoms with van der Waals surface area (Å²) in [6.07, 6.45) is 0.847. The number of benzene rings is 1. The smallest absolute Gasteiger partial charge is 0.132 e. The highest BCUT2D eigenvalue weighted by Gasteiger charge is 1.99. The summed E-state index contributed by atoms with van der Waals surface area (Å²) in [6, 6.07) is 5.56. The molecule has 0 heterocycles. The second kappa shape index (κ2) is 2.97. The zero-order valence-corrected chi connectivity index (χ0v) is 6.73. The quantitative estimate of drug-likeness (QED) is 0.594. The number of aromatic hydroxyl groups is 1. The van der Waals surface area contributed by atoms with Crippen LogP contribution in [0.1, 0.15) is 12.5 Å². The van der Waals surface area contributed by atoms with Gasteiger partial charge in [0.1, 0.15) is 5.75 Å². The molecular weight excluding hydrogens is 144 g/mol. The maximum Gasteiger partial charge on any atom is 0.132 e. The summed E-state index contributed by atoms with van der Waals surface area (Å²) in [5, 5.41) is 9.32. The summed E-state index contributed by atoms with van der Waals surface area (Å²) in [5.41, 5.74) is 0.951. The molecule has 2 heteroatoms. The van der Waals surface area contributed by atoms with E-state index in [0.29, 0.717) is 10.6 Å². The highest BCUT2D eigenvalue weighted by Crippen LogP contribution is 2.25. The van der Waals surface area contributed by atoms with Crippen LogP contribution >= 0.6 is 12.6 Å². The fourth-order valence-electron chi connectivity index (χ4n) is 0.863. The van der Waals surface area contributed by atoms with E-state index in [4.69, 9.17) is 0 Å². The Kier molecular flexibility index (Phi) is 2.22. The van der Waals surface area contributed by atoms with Gasteiger partial charge in [0, 0.05) is 4.90 Å². The zero-order chi connectivity index (χ0) is 7.56. The SMILES string of the molecule is CCc1cccc(S)c1O. The molecular formula is C8H10OS. The molecule has 1 nitrogen and oxygen atoms in total. The monoisotopic (exact) mass is 154 g/mol. The summed E-state index contributed by atoms with van der Waals surface area (Å²) in [5.74, 6) is 0.313. The van der Waals surface area contributed by atoms with Gasteiger partial charge in [-0.25, -0.2) is 0 Å². The average Bonchev–Trinajstić information content (AvgIpc) is 1.95. The second-order valence-corrected chi connectivity index (χ2v) is 2.62. The maximum atomic E-state index is 9.32. The molecule has 1 rings (SSSR count). The van der Waals surface area contributed by atoms with Crippen molar-refractivity contribution in [2.45, 2.75) is 18.2 Å². The molecule has 10 heavy (non-hydrogen) atoms. The third-order valence-corrected chi connectivity index (χ3v) is 1.84. The van der Waals surface area contributed by atoms with Gasteiger partial charge in [-0.2, -0.15) is 0 Å². The predicted octanol–water partition coefficient (Wildman–Crippen LogP) is 2.24. The molecule has 1 N–H and O–H groups in total. The van der Waals surface area contributed by atoms with Crippen LogP contribution in [0.5, 0.6) is 5.75 Å². The van der Waals surface area contributed by atoms with Crippen molar-refractivity contribution in [2.75, 3.05) is 0 Å². The van der Waals surface area contributed by atoms with E-state index in [0.717, 1.165) is 12.0 Å². The van der Waals surface area contributed by atoms with Crippen molar-refractivity contribution in [3.63, 3.8) is 0 Å². The Balaban J connectivity index is 3.14.